The van der Waals surface area contributed by atoms with Crippen molar-refractivity contribution in [3.63, 3.8) is 0 Å². The van der Waals surface area contributed by atoms with Gasteiger partial charge in [0.2, 0.25) is 0 Å². The van der Waals surface area contributed by atoms with Crippen molar-refractivity contribution in [2.75, 3.05) is 0 Å². The van der Waals surface area contributed by atoms with Gasteiger partial charge in [0.05, 0.1) is 18.4 Å². The van der Waals surface area contributed by atoms with E-state index < -0.39 is 11.6 Å². The number of halogens is 3. The van der Waals surface area contributed by atoms with Crippen LogP contribution in [-0.2, 0) is 13.1 Å². The molecule has 7 heteroatoms. The average Bonchev–Trinajstić information content (AvgIpc) is 3.12. The molecule has 5 rings (SSSR count). The Hall–Kier alpha value is -3.51. The third kappa shape index (κ3) is 3.80. The number of rotatable bonds is 5. The van der Waals surface area contributed by atoms with Crippen molar-refractivity contribution < 1.29 is 8.78 Å². The molecule has 0 radical (unpaired) electrons. The predicted molar refractivity (Wildman–Crippen MR) is 127 cm³/mol. The molecule has 2 aromatic heterocycles. The quantitative estimate of drug-likeness (QED) is 0.314. The highest BCUT2D eigenvalue weighted by Gasteiger charge is 2.20. The molecule has 0 amide bonds. The molecule has 3 aromatic carbocycles. The maximum absolute atomic E-state index is 14.6. The van der Waals surface area contributed by atoms with Gasteiger partial charge in [-0.3, -0.25) is 9.36 Å². The molecule has 4 nitrogen and oxygen atoms in total. The minimum absolute atomic E-state index is 0.0202. The van der Waals surface area contributed by atoms with Crippen molar-refractivity contribution in [3.05, 3.63) is 111 Å². The van der Waals surface area contributed by atoms with Crippen LogP contribution in [-0.4, -0.2) is 14.1 Å². The summed E-state index contributed by atoms with van der Waals surface area (Å²) in [6.07, 6.45) is 1.49. The summed E-state index contributed by atoms with van der Waals surface area (Å²) in [5, 5.41) is 0.756. The Labute approximate surface area is 193 Å². The lowest BCUT2D eigenvalue weighted by Gasteiger charge is -2.14. The Balaban J connectivity index is 1.70. The van der Waals surface area contributed by atoms with Gasteiger partial charge < -0.3 is 4.57 Å². The average molecular weight is 464 g/mol. The highest BCUT2D eigenvalue weighted by Crippen LogP contribution is 2.29. The third-order valence-electron chi connectivity index (χ3n) is 6.01. The van der Waals surface area contributed by atoms with Gasteiger partial charge in [-0.05, 0) is 41.8 Å². The predicted octanol–water partition coefficient (Wildman–Crippen LogP) is 6.13. The molecule has 33 heavy (non-hydrogen) atoms. The first-order valence-electron chi connectivity index (χ1n) is 10.6. The van der Waals surface area contributed by atoms with Crippen LogP contribution in [0.2, 0.25) is 5.02 Å². The van der Waals surface area contributed by atoms with Crippen LogP contribution in [0.25, 0.3) is 21.9 Å². The lowest BCUT2D eigenvalue weighted by Crippen LogP contribution is -2.25. The third-order valence-corrected chi connectivity index (χ3v) is 6.36. The van der Waals surface area contributed by atoms with Crippen LogP contribution < -0.4 is 5.56 Å². The minimum atomic E-state index is -0.471. The molecule has 0 bridgehead atoms. The number of nitrogens with zero attached hydrogens (tertiary/aromatic N) is 3. The standard InChI is InChI=1S/C26H20ClF2N3O/c1-16(17-6-3-2-4-7-17)13-31-15-30-24-19-12-18(28)10-11-23(19)32(25(24)26(31)33)14-20-21(27)8-5-9-22(20)29/h2-12,15-16H,13-14H2,1H3. The van der Waals surface area contributed by atoms with Crippen molar-refractivity contribution in [2.45, 2.75) is 25.9 Å². The van der Waals surface area contributed by atoms with Gasteiger partial charge in [-0.25, -0.2) is 13.8 Å². The summed E-state index contributed by atoms with van der Waals surface area (Å²) in [5.74, 6) is -0.838. The first-order valence-corrected chi connectivity index (χ1v) is 11.0. The molecule has 0 aliphatic carbocycles. The topological polar surface area (TPSA) is 39.8 Å². The second kappa shape index (κ2) is 8.45. The molecule has 0 spiro atoms. The Kier molecular flexibility index (Phi) is 5.46. The Bertz CT molecular complexity index is 1520. The number of fused-ring (bicyclic) bond motifs is 3. The maximum Gasteiger partial charge on any atom is 0.277 e. The maximum atomic E-state index is 14.6. The monoisotopic (exact) mass is 463 g/mol. The van der Waals surface area contributed by atoms with E-state index in [4.69, 9.17) is 11.6 Å². The number of aromatic nitrogens is 3. The van der Waals surface area contributed by atoms with E-state index in [0.29, 0.717) is 23.0 Å². The highest BCUT2D eigenvalue weighted by molar-refractivity contribution is 6.31. The zero-order valence-corrected chi connectivity index (χ0v) is 18.6. The largest absolute Gasteiger partial charge is 0.330 e. The highest BCUT2D eigenvalue weighted by atomic mass is 35.5. The van der Waals surface area contributed by atoms with Crippen molar-refractivity contribution in [1.82, 2.24) is 14.1 Å². The normalized spacial score (nSPS) is 12.5. The summed E-state index contributed by atoms with van der Waals surface area (Å²) >= 11 is 6.27. The van der Waals surface area contributed by atoms with Gasteiger partial charge in [0.1, 0.15) is 22.7 Å². The lowest BCUT2D eigenvalue weighted by atomic mass is 10.0. The molecule has 0 aliphatic rings. The van der Waals surface area contributed by atoms with Crippen LogP contribution in [0, 0.1) is 11.6 Å². The molecular formula is C26H20ClF2N3O. The van der Waals surface area contributed by atoms with Gasteiger partial charge >= 0.3 is 0 Å². The lowest BCUT2D eigenvalue weighted by molar-refractivity contribution is 0.574. The van der Waals surface area contributed by atoms with E-state index >= 15 is 0 Å². The smallest absolute Gasteiger partial charge is 0.277 e. The summed E-state index contributed by atoms with van der Waals surface area (Å²) in [5.41, 5.74) is 2.35. The van der Waals surface area contributed by atoms with Gasteiger partial charge in [0.15, 0.2) is 0 Å². The van der Waals surface area contributed by atoms with Crippen molar-refractivity contribution in [1.29, 1.82) is 0 Å². The van der Waals surface area contributed by atoms with Crippen molar-refractivity contribution in [3.8, 4) is 0 Å². The molecule has 1 unspecified atom stereocenters. The molecule has 0 N–H and O–H groups in total. The van der Waals surface area contributed by atoms with Crippen LogP contribution in [0.15, 0.2) is 77.9 Å². The summed E-state index contributed by atoms with van der Waals surface area (Å²) in [6, 6.07) is 18.6. The summed E-state index contributed by atoms with van der Waals surface area (Å²) < 4.78 is 31.9. The van der Waals surface area contributed by atoms with E-state index in [0.717, 1.165) is 5.56 Å². The Morgan fingerprint density at radius 3 is 2.58 bits per heavy atom. The fourth-order valence-electron chi connectivity index (χ4n) is 4.29. The van der Waals surface area contributed by atoms with E-state index in [1.54, 1.807) is 21.3 Å². The van der Waals surface area contributed by atoms with Crippen LogP contribution in [0.5, 0.6) is 0 Å². The SMILES string of the molecule is CC(Cn1cnc2c3cc(F)ccc3n(Cc3c(F)cccc3Cl)c2c1=O)c1ccccc1. The van der Waals surface area contributed by atoms with E-state index in [-0.39, 0.29) is 34.1 Å². The van der Waals surface area contributed by atoms with Gasteiger partial charge in [0.25, 0.3) is 5.56 Å². The van der Waals surface area contributed by atoms with Crippen molar-refractivity contribution >= 4 is 33.5 Å². The number of hydrogen-bond acceptors (Lipinski definition) is 2. The molecule has 0 fully saturated rings. The van der Waals surface area contributed by atoms with E-state index in [1.165, 1.54) is 30.6 Å². The van der Waals surface area contributed by atoms with E-state index in [9.17, 15) is 13.6 Å². The molecule has 166 valence electrons. The number of hydrogen-bond donors (Lipinski definition) is 0. The van der Waals surface area contributed by atoms with Crippen LogP contribution in [0.4, 0.5) is 8.78 Å². The van der Waals surface area contributed by atoms with Crippen LogP contribution in [0.1, 0.15) is 24.0 Å². The Morgan fingerprint density at radius 1 is 1.03 bits per heavy atom. The molecule has 0 aliphatic heterocycles. The second-order valence-electron chi connectivity index (χ2n) is 8.16. The first-order chi connectivity index (χ1) is 15.9. The van der Waals surface area contributed by atoms with E-state index in [1.807, 2.05) is 37.3 Å². The molecule has 5 aromatic rings. The minimum Gasteiger partial charge on any atom is -0.330 e. The molecule has 1 atom stereocenters. The zero-order valence-electron chi connectivity index (χ0n) is 17.8. The Morgan fingerprint density at radius 2 is 1.82 bits per heavy atom. The fourth-order valence-corrected chi connectivity index (χ4v) is 4.51. The molecular weight excluding hydrogens is 444 g/mol. The van der Waals surface area contributed by atoms with Gasteiger partial charge in [0, 0.05) is 22.5 Å². The van der Waals surface area contributed by atoms with Crippen LogP contribution >= 0.6 is 11.6 Å². The molecule has 2 heterocycles. The first kappa shape index (κ1) is 21.3. The van der Waals surface area contributed by atoms with Crippen molar-refractivity contribution in [2.24, 2.45) is 0 Å². The van der Waals surface area contributed by atoms with Gasteiger partial charge in [-0.15, -0.1) is 0 Å². The number of benzene rings is 3. The van der Waals surface area contributed by atoms with Gasteiger partial charge in [-0.2, -0.15) is 0 Å². The fraction of sp³-hybridized carbons (Fsp3) is 0.154. The van der Waals surface area contributed by atoms with Gasteiger partial charge in [-0.1, -0.05) is 54.9 Å². The van der Waals surface area contributed by atoms with E-state index in [2.05, 4.69) is 4.98 Å². The summed E-state index contributed by atoms with van der Waals surface area (Å²) in [7, 11) is 0. The summed E-state index contributed by atoms with van der Waals surface area (Å²) in [4.78, 5) is 18.1. The molecule has 0 saturated carbocycles. The zero-order chi connectivity index (χ0) is 23.1. The second-order valence-corrected chi connectivity index (χ2v) is 8.57. The summed E-state index contributed by atoms with van der Waals surface area (Å²) in [6.45, 7) is 2.48. The molecule has 0 saturated heterocycles. The van der Waals surface area contributed by atoms with Crippen LogP contribution in [0.3, 0.4) is 0 Å².